The van der Waals surface area contributed by atoms with Crippen molar-refractivity contribution in [2.75, 3.05) is 0 Å². The lowest BCUT2D eigenvalue weighted by molar-refractivity contribution is -0.132. The Kier molecular flexibility index (Phi) is 6.00. The van der Waals surface area contributed by atoms with E-state index >= 15 is 0 Å². The smallest absolute Gasteiger partial charge is 0.331 e. The quantitative estimate of drug-likeness (QED) is 0.580. The molecule has 0 unspecified atom stereocenters. The zero-order valence-corrected chi connectivity index (χ0v) is 17.2. The van der Waals surface area contributed by atoms with E-state index < -0.39 is 5.97 Å². The summed E-state index contributed by atoms with van der Waals surface area (Å²) in [6, 6.07) is 17.1. The van der Waals surface area contributed by atoms with Crippen LogP contribution in [-0.2, 0) is 31.0 Å². The van der Waals surface area contributed by atoms with E-state index in [1.165, 1.54) is 23.5 Å². The summed E-state index contributed by atoms with van der Waals surface area (Å²) in [6.45, 7) is 4.01. The summed E-state index contributed by atoms with van der Waals surface area (Å²) in [7, 11) is 0. The van der Waals surface area contributed by atoms with E-state index in [2.05, 4.69) is 17.0 Å². The molecule has 4 rings (SSSR count). The van der Waals surface area contributed by atoms with Crippen LogP contribution >= 0.6 is 0 Å². The number of ether oxygens (including phenoxy) is 1. The number of carboxylic acid groups (broad SMARTS) is 1. The van der Waals surface area contributed by atoms with Gasteiger partial charge in [-0.15, -0.1) is 0 Å². The van der Waals surface area contributed by atoms with Gasteiger partial charge in [0.2, 0.25) is 11.2 Å². The molecule has 0 radical (unpaired) electrons. The second kappa shape index (κ2) is 9.02. The van der Waals surface area contributed by atoms with Gasteiger partial charge in [-0.05, 0) is 35.3 Å². The van der Waals surface area contributed by atoms with E-state index in [1.807, 2.05) is 36.4 Å². The average molecular weight is 417 g/mol. The second-order valence-electron chi connectivity index (χ2n) is 7.65. The highest BCUT2D eigenvalue weighted by Crippen LogP contribution is 2.24. The highest BCUT2D eigenvalue weighted by atomic mass is 16.5. The summed E-state index contributed by atoms with van der Waals surface area (Å²) in [4.78, 5) is 25.6. The Labute approximate surface area is 180 Å². The van der Waals surface area contributed by atoms with Gasteiger partial charge in [-0.3, -0.25) is 9.69 Å². The Morgan fingerprint density at radius 3 is 2.42 bits per heavy atom. The molecule has 6 heteroatoms. The van der Waals surface area contributed by atoms with Gasteiger partial charge in [-0.1, -0.05) is 48.5 Å². The summed E-state index contributed by atoms with van der Waals surface area (Å²) in [5, 5.41) is 8.94. The SMILES string of the molecule is C/C(=C\c1ccc(COc2coc(CN3Cc4ccccc4C3)cc2=O)cc1)C(=O)O. The lowest BCUT2D eigenvalue weighted by Crippen LogP contribution is -2.17. The van der Waals surface area contributed by atoms with Crippen LogP contribution in [-0.4, -0.2) is 16.0 Å². The molecule has 0 saturated carbocycles. The Hall–Kier alpha value is -3.64. The van der Waals surface area contributed by atoms with E-state index in [0.717, 1.165) is 24.2 Å². The van der Waals surface area contributed by atoms with Gasteiger partial charge in [0, 0.05) is 24.7 Å². The van der Waals surface area contributed by atoms with Gasteiger partial charge in [0.1, 0.15) is 18.6 Å². The van der Waals surface area contributed by atoms with Crippen LogP contribution in [0, 0.1) is 0 Å². The molecule has 0 spiro atoms. The Bertz CT molecular complexity index is 1150. The molecule has 1 N–H and O–H groups in total. The van der Waals surface area contributed by atoms with Crippen LogP contribution < -0.4 is 10.2 Å². The Morgan fingerprint density at radius 1 is 1.13 bits per heavy atom. The monoisotopic (exact) mass is 417 g/mol. The first-order valence-electron chi connectivity index (χ1n) is 10.0. The number of carboxylic acids is 1. The maximum absolute atomic E-state index is 12.4. The topological polar surface area (TPSA) is 80.0 Å². The number of rotatable bonds is 7. The maximum Gasteiger partial charge on any atom is 0.331 e. The van der Waals surface area contributed by atoms with Gasteiger partial charge in [-0.25, -0.2) is 4.79 Å². The highest BCUT2D eigenvalue weighted by Gasteiger charge is 2.19. The summed E-state index contributed by atoms with van der Waals surface area (Å²) >= 11 is 0. The second-order valence-corrected chi connectivity index (χ2v) is 7.65. The third-order valence-corrected chi connectivity index (χ3v) is 5.23. The fourth-order valence-electron chi connectivity index (χ4n) is 3.55. The lowest BCUT2D eigenvalue weighted by Gasteiger charge is -2.14. The number of carbonyl (C=O) groups is 1. The number of nitrogens with zero attached hydrogens (tertiary/aromatic N) is 1. The fraction of sp³-hybridized carbons (Fsp3) is 0.200. The molecule has 0 amide bonds. The van der Waals surface area contributed by atoms with Crippen molar-refractivity contribution in [3.05, 3.63) is 105 Å². The molecular weight excluding hydrogens is 394 g/mol. The largest absolute Gasteiger partial charge is 0.482 e. The molecule has 0 fully saturated rings. The van der Waals surface area contributed by atoms with Gasteiger partial charge in [0.15, 0.2) is 0 Å². The first-order chi connectivity index (χ1) is 15.0. The summed E-state index contributed by atoms with van der Waals surface area (Å²) < 4.78 is 11.3. The number of hydrogen-bond donors (Lipinski definition) is 1. The molecule has 31 heavy (non-hydrogen) atoms. The maximum atomic E-state index is 12.4. The van der Waals surface area contributed by atoms with Crippen molar-refractivity contribution in [3.63, 3.8) is 0 Å². The van der Waals surface area contributed by atoms with Gasteiger partial charge >= 0.3 is 5.97 Å². The highest BCUT2D eigenvalue weighted by molar-refractivity contribution is 5.91. The fourth-order valence-corrected chi connectivity index (χ4v) is 3.55. The van der Waals surface area contributed by atoms with Crippen LogP contribution in [0.1, 0.15) is 34.9 Å². The Morgan fingerprint density at radius 2 is 1.81 bits per heavy atom. The molecule has 2 heterocycles. The first kappa shape index (κ1) is 20.6. The van der Waals surface area contributed by atoms with Crippen LogP contribution in [0.25, 0.3) is 6.08 Å². The number of benzene rings is 2. The summed E-state index contributed by atoms with van der Waals surface area (Å²) in [6.07, 6.45) is 2.97. The third kappa shape index (κ3) is 5.10. The third-order valence-electron chi connectivity index (χ3n) is 5.23. The van der Waals surface area contributed by atoms with Gasteiger partial charge in [0.25, 0.3) is 0 Å². The van der Waals surface area contributed by atoms with Crippen molar-refractivity contribution in [2.45, 2.75) is 33.2 Å². The summed E-state index contributed by atoms with van der Waals surface area (Å²) in [5.74, 6) is -0.175. The molecular formula is C25H23NO5. The average Bonchev–Trinajstić information content (AvgIpc) is 3.16. The van der Waals surface area contributed by atoms with E-state index in [4.69, 9.17) is 14.3 Å². The molecule has 1 aromatic heterocycles. The number of aliphatic carboxylic acids is 1. The molecule has 0 atom stereocenters. The minimum absolute atomic E-state index is 0.166. The number of fused-ring (bicyclic) bond motifs is 1. The molecule has 0 saturated heterocycles. The van der Waals surface area contributed by atoms with Crippen molar-refractivity contribution in [1.82, 2.24) is 4.90 Å². The predicted molar refractivity (Wildman–Crippen MR) is 116 cm³/mol. The van der Waals surface area contributed by atoms with Gasteiger partial charge < -0.3 is 14.3 Å². The van der Waals surface area contributed by atoms with Gasteiger partial charge in [0.05, 0.1) is 6.54 Å². The minimum atomic E-state index is -0.947. The van der Waals surface area contributed by atoms with Crippen molar-refractivity contribution >= 4 is 12.0 Å². The van der Waals surface area contributed by atoms with E-state index in [-0.39, 0.29) is 23.4 Å². The normalized spacial score (nSPS) is 13.8. The van der Waals surface area contributed by atoms with Crippen LogP contribution in [0.5, 0.6) is 5.75 Å². The van der Waals surface area contributed by atoms with Gasteiger partial charge in [-0.2, -0.15) is 0 Å². The zero-order valence-electron chi connectivity index (χ0n) is 17.2. The van der Waals surface area contributed by atoms with Crippen LogP contribution in [0.2, 0.25) is 0 Å². The predicted octanol–water partition coefficient (Wildman–Crippen LogP) is 4.22. The van der Waals surface area contributed by atoms with Crippen LogP contribution in [0.15, 0.2) is 75.6 Å². The van der Waals surface area contributed by atoms with Crippen molar-refractivity contribution in [1.29, 1.82) is 0 Å². The molecule has 1 aliphatic heterocycles. The zero-order chi connectivity index (χ0) is 21.8. The van der Waals surface area contributed by atoms with E-state index in [9.17, 15) is 9.59 Å². The van der Waals surface area contributed by atoms with Crippen molar-refractivity contribution < 1.29 is 19.1 Å². The molecule has 6 nitrogen and oxygen atoms in total. The van der Waals surface area contributed by atoms with Crippen LogP contribution in [0.4, 0.5) is 0 Å². The summed E-state index contributed by atoms with van der Waals surface area (Å²) in [5.41, 5.74) is 4.32. The minimum Gasteiger partial charge on any atom is -0.482 e. The van der Waals surface area contributed by atoms with Crippen molar-refractivity contribution in [2.24, 2.45) is 0 Å². The molecule has 2 aromatic carbocycles. The first-order valence-corrected chi connectivity index (χ1v) is 10.0. The lowest BCUT2D eigenvalue weighted by atomic mass is 10.1. The standard InChI is InChI=1S/C25H23NO5/c1-17(25(28)29)10-18-6-8-19(9-7-18)15-31-24-16-30-22(11-23(24)27)14-26-12-20-4-2-3-5-21(20)13-26/h2-11,16H,12-15H2,1H3,(H,28,29)/b17-10+. The van der Waals surface area contributed by atoms with Crippen LogP contribution in [0.3, 0.4) is 0 Å². The Balaban J connectivity index is 1.34. The molecule has 1 aliphatic rings. The van der Waals surface area contributed by atoms with E-state index in [0.29, 0.717) is 12.3 Å². The number of hydrogen-bond acceptors (Lipinski definition) is 5. The van der Waals surface area contributed by atoms with Crippen molar-refractivity contribution in [3.8, 4) is 5.75 Å². The molecule has 158 valence electrons. The molecule has 0 bridgehead atoms. The van der Waals surface area contributed by atoms with E-state index in [1.54, 1.807) is 13.0 Å². The molecule has 0 aliphatic carbocycles. The molecule has 3 aromatic rings.